The van der Waals surface area contributed by atoms with Gasteiger partial charge in [0.25, 0.3) is 5.56 Å². The van der Waals surface area contributed by atoms with Crippen molar-refractivity contribution in [1.82, 2.24) is 24.5 Å². The Morgan fingerprint density at radius 2 is 1.97 bits per heavy atom. The molecule has 168 valence electrons. The van der Waals surface area contributed by atoms with Crippen LogP contribution in [0.1, 0.15) is 50.9 Å². The molecule has 0 saturated heterocycles. The lowest BCUT2D eigenvalue weighted by atomic mass is 10.1. The second-order valence-electron chi connectivity index (χ2n) is 8.19. The Morgan fingerprint density at radius 3 is 2.75 bits per heavy atom. The summed E-state index contributed by atoms with van der Waals surface area (Å²) < 4.78 is 4.40. The number of rotatable bonds is 10. The number of nitrogens with one attached hydrogen (secondary N) is 1. The molecular weight excluding hydrogens is 422 g/mol. The van der Waals surface area contributed by atoms with E-state index in [0.29, 0.717) is 31.6 Å². The minimum Gasteiger partial charge on any atom is -0.354 e. The van der Waals surface area contributed by atoms with E-state index in [2.05, 4.69) is 27.6 Å². The zero-order valence-electron chi connectivity index (χ0n) is 18.6. The lowest BCUT2D eigenvalue weighted by molar-refractivity contribution is -0.121. The van der Waals surface area contributed by atoms with Gasteiger partial charge < -0.3 is 5.32 Å². The Kier molecular flexibility index (Phi) is 6.99. The van der Waals surface area contributed by atoms with Crippen molar-refractivity contribution in [2.24, 2.45) is 0 Å². The first kappa shape index (κ1) is 22.2. The van der Waals surface area contributed by atoms with Gasteiger partial charge in [0, 0.05) is 25.4 Å². The highest BCUT2D eigenvalue weighted by atomic mass is 32.1. The summed E-state index contributed by atoms with van der Waals surface area (Å²) in [6.07, 6.45) is 4.45. The molecule has 0 bridgehead atoms. The largest absolute Gasteiger partial charge is 0.354 e. The summed E-state index contributed by atoms with van der Waals surface area (Å²) in [5.74, 6) is 1.43. The predicted molar refractivity (Wildman–Crippen MR) is 128 cm³/mol. The van der Waals surface area contributed by atoms with Crippen LogP contribution in [0.4, 0.5) is 0 Å². The molecule has 32 heavy (non-hydrogen) atoms. The van der Waals surface area contributed by atoms with Crippen LogP contribution in [0.5, 0.6) is 0 Å². The number of carbonyl (C=O) groups excluding carboxylic acids is 1. The first-order valence-electron chi connectivity index (χ1n) is 11.3. The summed E-state index contributed by atoms with van der Waals surface area (Å²) in [5.41, 5.74) is 2.13. The van der Waals surface area contributed by atoms with Gasteiger partial charge in [0.05, 0.1) is 5.52 Å². The van der Waals surface area contributed by atoms with Gasteiger partial charge in [-0.2, -0.15) is 0 Å². The van der Waals surface area contributed by atoms with Gasteiger partial charge >= 0.3 is 0 Å². The van der Waals surface area contributed by atoms with E-state index in [1.807, 2.05) is 47.9 Å². The molecule has 4 aromatic rings. The van der Waals surface area contributed by atoms with E-state index in [1.165, 1.54) is 16.9 Å². The van der Waals surface area contributed by atoms with Crippen molar-refractivity contribution in [3.63, 3.8) is 0 Å². The summed E-state index contributed by atoms with van der Waals surface area (Å²) in [4.78, 5) is 25.2. The van der Waals surface area contributed by atoms with E-state index in [0.717, 1.165) is 35.3 Å². The summed E-state index contributed by atoms with van der Waals surface area (Å²) in [6.45, 7) is 4.70. The number of hydrogen-bond donors (Lipinski definition) is 1. The molecule has 0 unspecified atom stereocenters. The van der Waals surface area contributed by atoms with E-state index in [-0.39, 0.29) is 17.5 Å². The van der Waals surface area contributed by atoms with Crippen molar-refractivity contribution in [2.45, 2.75) is 65.0 Å². The van der Waals surface area contributed by atoms with Gasteiger partial charge in [0.2, 0.25) is 11.7 Å². The molecule has 3 aromatic heterocycles. The number of nitrogens with zero attached hydrogens (tertiary/aromatic N) is 4. The van der Waals surface area contributed by atoms with E-state index >= 15 is 0 Å². The van der Waals surface area contributed by atoms with Crippen LogP contribution in [0.15, 0.2) is 46.6 Å². The smallest absolute Gasteiger partial charge is 0.272 e. The van der Waals surface area contributed by atoms with E-state index < -0.39 is 0 Å². The zero-order chi connectivity index (χ0) is 22.5. The first-order chi connectivity index (χ1) is 15.6. The van der Waals surface area contributed by atoms with Gasteiger partial charge in [-0.05, 0) is 49.6 Å². The molecule has 4 rings (SSSR count). The second-order valence-corrected chi connectivity index (χ2v) is 9.11. The molecule has 1 amide bonds. The molecule has 1 aromatic carbocycles. The monoisotopic (exact) mass is 451 g/mol. The van der Waals surface area contributed by atoms with Crippen molar-refractivity contribution >= 4 is 33.2 Å². The zero-order valence-corrected chi connectivity index (χ0v) is 19.4. The highest BCUT2D eigenvalue weighted by Gasteiger charge is 2.17. The molecule has 0 aliphatic heterocycles. The molecule has 0 spiro atoms. The van der Waals surface area contributed by atoms with Gasteiger partial charge in [-0.1, -0.05) is 37.3 Å². The third kappa shape index (κ3) is 4.75. The summed E-state index contributed by atoms with van der Waals surface area (Å²) in [6, 6.07) is 12.4. The molecule has 0 fully saturated rings. The Hall–Kier alpha value is -3.00. The highest BCUT2D eigenvalue weighted by Crippen LogP contribution is 2.20. The van der Waals surface area contributed by atoms with Crippen molar-refractivity contribution in [2.75, 3.05) is 0 Å². The lowest BCUT2D eigenvalue weighted by Gasteiger charge is -2.14. The van der Waals surface area contributed by atoms with Crippen molar-refractivity contribution in [1.29, 1.82) is 0 Å². The first-order valence-corrected chi connectivity index (χ1v) is 12.1. The Morgan fingerprint density at radius 1 is 1.16 bits per heavy atom. The molecule has 0 aliphatic carbocycles. The van der Waals surface area contributed by atoms with E-state index in [9.17, 15) is 9.59 Å². The van der Waals surface area contributed by atoms with Crippen LogP contribution in [-0.4, -0.2) is 31.1 Å². The number of hydrogen-bond acceptors (Lipinski definition) is 5. The van der Waals surface area contributed by atoms with Crippen LogP contribution in [0.3, 0.4) is 0 Å². The molecule has 7 nitrogen and oxygen atoms in total. The predicted octanol–water partition coefficient (Wildman–Crippen LogP) is 3.98. The quantitative estimate of drug-likeness (QED) is 0.395. The van der Waals surface area contributed by atoms with E-state index in [4.69, 9.17) is 0 Å². The minimum absolute atomic E-state index is 0.00725. The summed E-state index contributed by atoms with van der Waals surface area (Å²) >= 11 is 1.45. The van der Waals surface area contributed by atoms with Crippen LogP contribution >= 0.6 is 11.3 Å². The SMILES string of the molecule is CCCn1c(=O)c2sccc2n2c(CCCC(=O)N[C@@H](C)CCc3ccccc3)nnc12. The topological polar surface area (TPSA) is 81.3 Å². The maximum absolute atomic E-state index is 12.8. The Bertz CT molecular complexity index is 1260. The fourth-order valence-electron chi connectivity index (χ4n) is 4.02. The number of benzene rings is 1. The van der Waals surface area contributed by atoms with Crippen LogP contribution < -0.4 is 10.9 Å². The van der Waals surface area contributed by atoms with Crippen LogP contribution in [0.25, 0.3) is 16.0 Å². The molecule has 8 heteroatoms. The number of aryl methyl sites for hydroxylation is 3. The summed E-state index contributed by atoms with van der Waals surface area (Å²) in [7, 11) is 0. The molecule has 1 atom stereocenters. The lowest BCUT2D eigenvalue weighted by Crippen LogP contribution is -2.32. The number of fused-ring (bicyclic) bond motifs is 3. The molecule has 0 saturated carbocycles. The normalized spacial score (nSPS) is 12.4. The van der Waals surface area contributed by atoms with Crippen molar-refractivity contribution < 1.29 is 4.79 Å². The summed E-state index contributed by atoms with van der Waals surface area (Å²) in [5, 5.41) is 13.7. The van der Waals surface area contributed by atoms with Crippen LogP contribution in [0.2, 0.25) is 0 Å². The molecule has 0 aliphatic rings. The van der Waals surface area contributed by atoms with E-state index in [1.54, 1.807) is 4.57 Å². The molecular formula is C24H29N5O2S. The van der Waals surface area contributed by atoms with Crippen molar-refractivity contribution in [3.05, 3.63) is 63.5 Å². The third-order valence-corrected chi connectivity index (χ3v) is 6.54. The average Bonchev–Trinajstić information content (AvgIpc) is 3.43. The van der Waals surface area contributed by atoms with Gasteiger partial charge in [0.1, 0.15) is 10.5 Å². The highest BCUT2D eigenvalue weighted by molar-refractivity contribution is 7.17. The molecule has 0 radical (unpaired) electrons. The van der Waals surface area contributed by atoms with Crippen LogP contribution in [-0.2, 0) is 24.2 Å². The Balaban J connectivity index is 1.37. The third-order valence-electron chi connectivity index (χ3n) is 5.65. The van der Waals surface area contributed by atoms with Gasteiger partial charge in [-0.3, -0.25) is 18.6 Å². The molecule has 1 N–H and O–H groups in total. The minimum atomic E-state index is -0.00725. The number of thiophene rings is 1. The standard InChI is InChI=1S/C24H29N5O2S/c1-3-15-28-23(31)22-19(14-16-32-22)29-20(26-27-24(28)29)10-7-11-21(30)25-17(2)12-13-18-8-5-4-6-9-18/h4-6,8-9,14,16-17H,3,7,10-13,15H2,1-2H3,(H,25,30)/t17-/m0/s1. The maximum Gasteiger partial charge on any atom is 0.272 e. The number of amides is 1. The van der Waals surface area contributed by atoms with Crippen molar-refractivity contribution in [3.8, 4) is 0 Å². The Labute approximate surface area is 191 Å². The number of carbonyl (C=O) groups is 1. The van der Waals surface area contributed by atoms with Gasteiger partial charge in [-0.25, -0.2) is 0 Å². The molecule has 3 heterocycles. The fraction of sp³-hybridized carbons (Fsp3) is 0.417. The second kappa shape index (κ2) is 10.1. The maximum atomic E-state index is 12.8. The fourth-order valence-corrected chi connectivity index (χ4v) is 4.85. The van der Waals surface area contributed by atoms with Gasteiger partial charge in [0.15, 0.2) is 0 Å². The number of aromatic nitrogens is 4. The average molecular weight is 452 g/mol. The van der Waals surface area contributed by atoms with Crippen LogP contribution in [0, 0.1) is 0 Å². The van der Waals surface area contributed by atoms with Gasteiger partial charge in [-0.15, -0.1) is 21.5 Å².